The molecule has 1 aromatic carbocycles. The van der Waals surface area contributed by atoms with Crippen molar-refractivity contribution >= 4 is 0 Å². The number of benzene rings is 1. The van der Waals surface area contributed by atoms with Crippen LogP contribution in [0.15, 0.2) is 47.1 Å². The molecule has 0 amide bonds. The average molecular weight is 215 g/mol. The minimum atomic E-state index is 0.247. The van der Waals surface area contributed by atoms with E-state index in [-0.39, 0.29) is 6.04 Å². The molecule has 84 valence electrons. The van der Waals surface area contributed by atoms with Gasteiger partial charge in [-0.1, -0.05) is 29.8 Å². The summed E-state index contributed by atoms with van der Waals surface area (Å²) in [7, 11) is 1.96. The van der Waals surface area contributed by atoms with Crippen LogP contribution in [-0.2, 0) is 6.42 Å². The second-order valence-corrected chi connectivity index (χ2v) is 4.05. The molecule has 1 aromatic heterocycles. The van der Waals surface area contributed by atoms with Gasteiger partial charge in [-0.05, 0) is 38.1 Å². The van der Waals surface area contributed by atoms with E-state index in [1.54, 1.807) is 6.26 Å². The molecule has 0 spiro atoms. The second kappa shape index (κ2) is 4.99. The van der Waals surface area contributed by atoms with Gasteiger partial charge >= 0.3 is 0 Å². The quantitative estimate of drug-likeness (QED) is 0.847. The maximum absolute atomic E-state index is 5.43. The van der Waals surface area contributed by atoms with Crippen LogP contribution in [0.2, 0.25) is 0 Å². The molecule has 0 aliphatic rings. The van der Waals surface area contributed by atoms with Crippen molar-refractivity contribution in [2.75, 3.05) is 7.05 Å². The number of furan rings is 1. The molecule has 1 N–H and O–H groups in total. The number of hydrogen-bond donors (Lipinski definition) is 1. The Bertz CT molecular complexity index is 434. The van der Waals surface area contributed by atoms with Crippen LogP contribution in [0.1, 0.15) is 22.9 Å². The molecule has 2 heteroatoms. The normalized spacial score (nSPS) is 12.6. The fourth-order valence-corrected chi connectivity index (χ4v) is 1.91. The van der Waals surface area contributed by atoms with Crippen LogP contribution in [0.25, 0.3) is 0 Å². The third-order valence-corrected chi connectivity index (χ3v) is 2.76. The highest BCUT2D eigenvalue weighted by atomic mass is 16.3. The first-order chi connectivity index (χ1) is 7.79. The van der Waals surface area contributed by atoms with Crippen LogP contribution in [-0.4, -0.2) is 7.05 Å². The molecule has 1 heterocycles. The minimum absolute atomic E-state index is 0.247. The summed E-state index contributed by atoms with van der Waals surface area (Å²) in [6, 6.07) is 12.8. The smallest absolute Gasteiger partial charge is 0.121 e. The second-order valence-electron chi connectivity index (χ2n) is 4.05. The van der Waals surface area contributed by atoms with Crippen molar-refractivity contribution in [3.63, 3.8) is 0 Å². The Morgan fingerprint density at radius 2 is 2.12 bits per heavy atom. The van der Waals surface area contributed by atoms with Crippen LogP contribution >= 0.6 is 0 Å². The summed E-state index contributed by atoms with van der Waals surface area (Å²) in [6.07, 6.45) is 2.67. The van der Waals surface area contributed by atoms with E-state index in [0.717, 1.165) is 12.2 Å². The maximum atomic E-state index is 5.43. The molecule has 0 aliphatic heterocycles. The summed E-state index contributed by atoms with van der Waals surface area (Å²) in [6.45, 7) is 2.12. The van der Waals surface area contributed by atoms with Crippen molar-refractivity contribution in [2.24, 2.45) is 0 Å². The summed E-state index contributed by atoms with van der Waals surface area (Å²) in [5.74, 6) is 0.990. The van der Waals surface area contributed by atoms with Crippen LogP contribution in [0.3, 0.4) is 0 Å². The van der Waals surface area contributed by atoms with Gasteiger partial charge in [-0.3, -0.25) is 0 Å². The zero-order chi connectivity index (χ0) is 11.4. The lowest BCUT2D eigenvalue weighted by molar-refractivity contribution is 0.429. The average Bonchev–Trinajstić information content (AvgIpc) is 2.79. The Kier molecular flexibility index (Phi) is 3.42. The Morgan fingerprint density at radius 1 is 1.25 bits per heavy atom. The molecule has 0 unspecified atom stereocenters. The largest absolute Gasteiger partial charge is 0.468 e. The standard InChI is InChI=1S/C14H17NO/c1-11-5-3-6-12(9-11)10-13(15-2)14-7-4-8-16-14/h3-9,13,15H,10H2,1-2H3/t13-/m1/s1. The molecular weight excluding hydrogens is 198 g/mol. The van der Waals surface area contributed by atoms with Gasteiger partial charge < -0.3 is 9.73 Å². The molecule has 1 atom stereocenters. The Balaban J connectivity index is 2.13. The molecule has 0 aliphatic carbocycles. The predicted octanol–water partition coefficient (Wildman–Crippen LogP) is 3.09. The minimum Gasteiger partial charge on any atom is -0.468 e. The first kappa shape index (κ1) is 11.0. The van der Waals surface area contributed by atoms with Gasteiger partial charge in [0.15, 0.2) is 0 Å². The Hall–Kier alpha value is -1.54. The van der Waals surface area contributed by atoms with E-state index in [4.69, 9.17) is 4.42 Å². The van der Waals surface area contributed by atoms with Gasteiger partial charge in [0, 0.05) is 0 Å². The van der Waals surface area contributed by atoms with Crippen LogP contribution in [0.5, 0.6) is 0 Å². The van der Waals surface area contributed by atoms with Gasteiger partial charge in [0.25, 0.3) is 0 Å². The van der Waals surface area contributed by atoms with E-state index in [2.05, 4.69) is 36.5 Å². The van der Waals surface area contributed by atoms with Gasteiger partial charge in [-0.2, -0.15) is 0 Å². The molecule has 2 rings (SSSR count). The molecule has 0 saturated heterocycles. The van der Waals surface area contributed by atoms with E-state index >= 15 is 0 Å². The van der Waals surface area contributed by atoms with Crippen molar-refractivity contribution in [3.05, 3.63) is 59.5 Å². The molecule has 16 heavy (non-hydrogen) atoms. The number of rotatable bonds is 4. The number of aryl methyl sites for hydroxylation is 1. The lowest BCUT2D eigenvalue weighted by atomic mass is 10.0. The molecule has 0 fully saturated rings. The highest BCUT2D eigenvalue weighted by Gasteiger charge is 2.12. The maximum Gasteiger partial charge on any atom is 0.121 e. The third-order valence-electron chi connectivity index (χ3n) is 2.76. The van der Waals surface area contributed by atoms with Gasteiger partial charge in [0.05, 0.1) is 12.3 Å². The molecular formula is C14H17NO. The first-order valence-electron chi connectivity index (χ1n) is 5.56. The molecule has 0 bridgehead atoms. The van der Waals surface area contributed by atoms with Crippen LogP contribution in [0.4, 0.5) is 0 Å². The SMILES string of the molecule is CN[C@H](Cc1cccc(C)c1)c1ccco1. The van der Waals surface area contributed by atoms with E-state index < -0.39 is 0 Å². The molecule has 0 radical (unpaired) electrons. The van der Waals surface area contributed by atoms with E-state index in [1.807, 2.05) is 19.2 Å². The van der Waals surface area contributed by atoms with Gasteiger partial charge in [0.2, 0.25) is 0 Å². The number of hydrogen-bond acceptors (Lipinski definition) is 2. The van der Waals surface area contributed by atoms with Gasteiger partial charge in [-0.15, -0.1) is 0 Å². The van der Waals surface area contributed by atoms with Crippen LogP contribution < -0.4 is 5.32 Å². The summed E-state index contributed by atoms with van der Waals surface area (Å²) in [5, 5.41) is 3.28. The lowest BCUT2D eigenvalue weighted by Gasteiger charge is -2.13. The summed E-state index contributed by atoms with van der Waals surface area (Å²) >= 11 is 0. The van der Waals surface area contributed by atoms with Gasteiger partial charge in [-0.25, -0.2) is 0 Å². The Morgan fingerprint density at radius 3 is 2.75 bits per heavy atom. The predicted molar refractivity (Wildman–Crippen MR) is 65.4 cm³/mol. The number of nitrogens with one attached hydrogen (secondary N) is 1. The van der Waals surface area contributed by atoms with Crippen molar-refractivity contribution in [1.82, 2.24) is 5.32 Å². The highest BCUT2D eigenvalue weighted by molar-refractivity contribution is 5.24. The van der Waals surface area contributed by atoms with Crippen molar-refractivity contribution in [2.45, 2.75) is 19.4 Å². The van der Waals surface area contributed by atoms with E-state index in [0.29, 0.717) is 0 Å². The summed E-state index contributed by atoms with van der Waals surface area (Å²) in [4.78, 5) is 0. The topological polar surface area (TPSA) is 25.2 Å². The fourth-order valence-electron chi connectivity index (χ4n) is 1.91. The molecule has 0 saturated carbocycles. The number of likely N-dealkylation sites (N-methyl/N-ethyl adjacent to an activating group) is 1. The lowest BCUT2D eigenvalue weighted by Crippen LogP contribution is -2.18. The summed E-state index contributed by atoms with van der Waals surface area (Å²) in [5.41, 5.74) is 2.63. The van der Waals surface area contributed by atoms with Crippen molar-refractivity contribution < 1.29 is 4.42 Å². The van der Waals surface area contributed by atoms with E-state index in [1.165, 1.54) is 11.1 Å². The summed E-state index contributed by atoms with van der Waals surface area (Å²) < 4.78 is 5.43. The third kappa shape index (κ3) is 2.52. The Labute approximate surface area is 96.3 Å². The van der Waals surface area contributed by atoms with Crippen molar-refractivity contribution in [3.8, 4) is 0 Å². The van der Waals surface area contributed by atoms with Gasteiger partial charge in [0.1, 0.15) is 5.76 Å². The zero-order valence-corrected chi connectivity index (χ0v) is 9.73. The zero-order valence-electron chi connectivity index (χ0n) is 9.73. The first-order valence-corrected chi connectivity index (χ1v) is 5.56. The highest BCUT2D eigenvalue weighted by Crippen LogP contribution is 2.18. The fraction of sp³-hybridized carbons (Fsp3) is 0.286. The molecule has 2 nitrogen and oxygen atoms in total. The van der Waals surface area contributed by atoms with Crippen LogP contribution in [0, 0.1) is 6.92 Å². The van der Waals surface area contributed by atoms with Crippen molar-refractivity contribution in [1.29, 1.82) is 0 Å². The van der Waals surface area contributed by atoms with E-state index in [9.17, 15) is 0 Å². The monoisotopic (exact) mass is 215 g/mol. The molecule has 2 aromatic rings.